The zero-order valence-corrected chi connectivity index (χ0v) is 18.2. The van der Waals surface area contributed by atoms with Gasteiger partial charge in [-0.15, -0.1) is 0 Å². The lowest BCUT2D eigenvalue weighted by atomic mass is 9.76. The average molecular weight is 464 g/mol. The second-order valence-corrected chi connectivity index (χ2v) is 9.26. The second kappa shape index (κ2) is 7.27. The lowest BCUT2D eigenvalue weighted by molar-refractivity contribution is 0.533. The van der Waals surface area contributed by atoms with Crippen LogP contribution in [0.4, 0.5) is 0 Å². The van der Waals surface area contributed by atoms with Crippen LogP contribution in [-0.4, -0.2) is 0 Å². The zero-order valence-electron chi connectivity index (χ0n) is 16.1. The Bertz CT molecular complexity index is 1050. The van der Waals surface area contributed by atoms with Crippen LogP contribution >= 0.6 is 22.6 Å². The van der Waals surface area contributed by atoms with Crippen LogP contribution in [0.2, 0.25) is 0 Å². The number of benzene rings is 3. The molecular weight excluding hydrogens is 439 g/mol. The lowest BCUT2D eigenvalue weighted by Gasteiger charge is -2.28. The third-order valence-corrected chi connectivity index (χ3v) is 6.66. The van der Waals surface area contributed by atoms with E-state index in [9.17, 15) is 0 Å². The van der Waals surface area contributed by atoms with Gasteiger partial charge < -0.3 is 0 Å². The molecule has 0 aromatic heterocycles. The second-order valence-electron chi connectivity index (χ2n) is 8.10. The van der Waals surface area contributed by atoms with Gasteiger partial charge in [-0.1, -0.05) is 75.0 Å². The van der Waals surface area contributed by atoms with Gasteiger partial charge in [0, 0.05) is 3.57 Å². The van der Waals surface area contributed by atoms with Crippen molar-refractivity contribution >= 4 is 38.9 Å². The monoisotopic (exact) mass is 464 g/mol. The Morgan fingerprint density at radius 2 is 1.63 bits per heavy atom. The van der Waals surface area contributed by atoms with Gasteiger partial charge in [-0.05, 0) is 98.0 Å². The maximum absolute atomic E-state index is 4.39. The molecule has 0 saturated heterocycles. The largest absolute Gasteiger partial charge is 0.0952 e. The minimum Gasteiger partial charge on any atom is -0.0952 e. The summed E-state index contributed by atoms with van der Waals surface area (Å²) >= 11 is 2.43. The van der Waals surface area contributed by atoms with Crippen molar-refractivity contribution in [2.45, 2.75) is 38.5 Å². The summed E-state index contributed by atoms with van der Waals surface area (Å²) in [5, 5.41) is 2.65. The van der Waals surface area contributed by atoms with E-state index in [0.29, 0.717) is 0 Å². The summed E-state index contributed by atoms with van der Waals surface area (Å²) < 4.78 is 1.30. The smallest absolute Gasteiger partial charge is 0.0209 e. The number of rotatable bonds is 1. The zero-order chi connectivity index (χ0) is 19.0. The topological polar surface area (TPSA) is 0 Å². The molecule has 1 aliphatic carbocycles. The molecule has 0 atom stereocenters. The van der Waals surface area contributed by atoms with E-state index in [-0.39, 0.29) is 5.41 Å². The molecule has 0 unspecified atom stereocenters. The summed E-state index contributed by atoms with van der Waals surface area (Å²) in [6.07, 6.45) is 7.83. The van der Waals surface area contributed by atoms with Crippen LogP contribution in [-0.2, 0) is 5.41 Å². The third kappa shape index (κ3) is 3.50. The molecule has 0 radical (unpaired) electrons. The molecule has 0 fully saturated rings. The maximum Gasteiger partial charge on any atom is 0.0209 e. The Kier molecular flexibility index (Phi) is 4.98. The molecular formula is C26H25I. The van der Waals surface area contributed by atoms with Crippen molar-refractivity contribution in [1.82, 2.24) is 0 Å². The van der Waals surface area contributed by atoms with Gasteiger partial charge in [0.05, 0.1) is 0 Å². The standard InChI is InChI=1S/C26H25I/c1-18-9-5-4-8-16-26(2,3)24-17-19(12-13-20(18)24)21-14-15-25(27)23-11-7-6-10-22(21)23/h4,6-8,10-15,17H,1,5,9,16H2,2-3H3/b8-4-. The Morgan fingerprint density at radius 1 is 0.889 bits per heavy atom. The maximum atomic E-state index is 4.39. The first-order valence-electron chi connectivity index (χ1n) is 9.63. The van der Waals surface area contributed by atoms with E-state index in [4.69, 9.17) is 0 Å². The lowest BCUT2D eigenvalue weighted by Crippen LogP contribution is -2.18. The summed E-state index contributed by atoms with van der Waals surface area (Å²) in [7, 11) is 0. The predicted molar refractivity (Wildman–Crippen MR) is 127 cm³/mol. The number of halogens is 1. The normalized spacial score (nSPS) is 17.7. The van der Waals surface area contributed by atoms with E-state index in [1.165, 1.54) is 42.2 Å². The highest BCUT2D eigenvalue weighted by Crippen LogP contribution is 2.40. The van der Waals surface area contributed by atoms with Gasteiger partial charge in [0.1, 0.15) is 0 Å². The summed E-state index contributed by atoms with van der Waals surface area (Å²) in [5.74, 6) is 0. The van der Waals surface area contributed by atoms with Gasteiger partial charge in [-0.2, -0.15) is 0 Å². The van der Waals surface area contributed by atoms with Gasteiger partial charge in [-0.25, -0.2) is 0 Å². The van der Waals surface area contributed by atoms with Crippen LogP contribution in [0.25, 0.3) is 27.5 Å². The van der Waals surface area contributed by atoms with Gasteiger partial charge in [0.15, 0.2) is 0 Å². The van der Waals surface area contributed by atoms with Gasteiger partial charge in [0.2, 0.25) is 0 Å². The van der Waals surface area contributed by atoms with Crippen LogP contribution < -0.4 is 0 Å². The average Bonchev–Trinajstić information content (AvgIpc) is 2.72. The van der Waals surface area contributed by atoms with Crippen LogP contribution in [0.5, 0.6) is 0 Å². The fraction of sp³-hybridized carbons (Fsp3) is 0.231. The van der Waals surface area contributed by atoms with Crippen molar-refractivity contribution in [2.75, 3.05) is 0 Å². The molecule has 4 rings (SSSR count). The Labute approximate surface area is 176 Å². The van der Waals surface area contributed by atoms with E-state index < -0.39 is 0 Å². The molecule has 0 nitrogen and oxygen atoms in total. The summed E-state index contributed by atoms with van der Waals surface area (Å²) in [5.41, 5.74) is 6.70. The molecule has 0 saturated carbocycles. The van der Waals surface area contributed by atoms with Crippen molar-refractivity contribution in [3.8, 4) is 11.1 Å². The van der Waals surface area contributed by atoms with Crippen LogP contribution in [0, 0.1) is 3.57 Å². The van der Waals surface area contributed by atoms with Crippen LogP contribution in [0.1, 0.15) is 44.2 Å². The first-order chi connectivity index (χ1) is 13.0. The molecule has 0 amide bonds. The third-order valence-electron chi connectivity index (χ3n) is 5.72. The number of hydrogen-bond acceptors (Lipinski definition) is 0. The number of hydrogen-bond donors (Lipinski definition) is 0. The molecule has 136 valence electrons. The van der Waals surface area contributed by atoms with Gasteiger partial charge in [-0.3, -0.25) is 0 Å². The van der Waals surface area contributed by atoms with Crippen molar-refractivity contribution in [1.29, 1.82) is 0 Å². The molecule has 1 aliphatic rings. The molecule has 0 N–H and O–H groups in total. The van der Waals surface area contributed by atoms with E-state index >= 15 is 0 Å². The van der Waals surface area contributed by atoms with E-state index in [1.54, 1.807) is 0 Å². The summed E-state index contributed by atoms with van der Waals surface area (Å²) in [4.78, 5) is 0. The Balaban J connectivity index is 1.94. The fourth-order valence-electron chi connectivity index (χ4n) is 4.09. The highest BCUT2D eigenvalue weighted by atomic mass is 127. The molecule has 0 heterocycles. The minimum absolute atomic E-state index is 0.0914. The number of allylic oxidation sites excluding steroid dienone is 3. The Hall–Kier alpha value is -1.87. The SMILES string of the molecule is C=C1CC/C=C\CC(C)(C)c2cc(-c3ccc(I)c4ccccc34)ccc21. The molecule has 0 aliphatic heterocycles. The minimum atomic E-state index is 0.0914. The number of fused-ring (bicyclic) bond motifs is 2. The van der Waals surface area contributed by atoms with Gasteiger partial charge in [0.25, 0.3) is 0 Å². The van der Waals surface area contributed by atoms with Gasteiger partial charge >= 0.3 is 0 Å². The van der Waals surface area contributed by atoms with E-state index in [1.807, 2.05) is 0 Å². The molecule has 27 heavy (non-hydrogen) atoms. The fourth-order valence-corrected chi connectivity index (χ4v) is 4.74. The molecule has 0 spiro atoms. The van der Waals surface area contributed by atoms with Crippen molar-refractivity contribution in [3.05, 3.63) is 88.0 Å². The van der Waals surface area contributed by atoms with Crippen molar-refractivity contribution in [2.24, 2.45) is 0 Å². The van der Waals surface area contributed by atoms with Crippen molar-refractivity contribution in [3.63, 3.8) is 0 Å². The molecule has 3 aromatic rings. The summed E-state index contributed by atoms with van der Waals surface area (Å²) in [6.45, 7) is 9.10. The Morgan fingerprint density at radius 3 is 2.44 bits per heavy atom. The van der Waals surface area contributed by atoms with Crippen LogP contribution in [0.15, 0.2) is 73.3 Å². The van der Waals surface area contributed by atoms with Crippen LogP contribution in [0.3, 0.4) is 0 Å². The summed E-state index contributed by atoms with van der Waals surface area (Å²) in [6, 6.07) is 20.2. The highest BCUT2D eigenvalue weighted by molar-refractivity contribution is 14.1. The van der Waals surface area contributed by atoms with Crippen molar-refractivity contribution < 1.29 is 0 Å². The first-order valence-corrected chi connectivity index (χ1v) is 10.7. The first kappa shape index (κ1) is 18.5. The van der Waals surface area contributed by atoms with E-state index in [0.717, 1.165) is 19.3 Å². The van der Waals surface area contributed by atoms with E-state index in [2.05, 4.69) is 110 Å². The quantitative estimate of drug-likeness (QED) is 0.252. The molecule has 3 aromatic carbocycles. The highest BCUT2D eigenvalue weighted by Gasteiger charge is 2.25. The predicted octanol–water partition coefficient (Wildman–Crippen LogP) is 8.14. The molecule has 0 bridgehead atoms. The molecule has 1 heteroatoms.